The maximum Gasteiger partial charge on any atom is 0.266 e. The SMILES string of the molecule is Cc1nc2cc(=O)[nH]n2c(C)c1CCC(=O)N[C@@H]1CCC[C@@H](C)[C@H]1C. The molecule has 136 valence electrons. The minimum Gasteiger partial charge on any atom is -0.353 e. The van der Waals surface area contributed by atoms with E-state index in [4.69, 9.17) is 0 Å². The largest absolute Gasteiger partial charge is 0.353 e. The van der Waals surface area contributed by atoms with Gasteiger partial charge in [0, 0.05) is 29.9 Å². The third kappa shape index (κ3) is 3.62. The van der Waals surface area contributed by atoms with Crippen molar-refractivity contribution >= 4 is 11.6 Å². The molecule has 0 radical (unpaired) electrons. The van der Waals surface area contributed by atoms with Crippen LogP contribution in [0.4, 0.5) is 0 Å². The Morgan fingerprint density at radius 3 is 2.88 bits per heavy atom. The summed E-state index contributed by atoms with van der Waals surface area (Å²) in [7, 11) is 0. The zero-order chi connectivity index (χ0) is 18.1. The second kappa shape index (κ2) is 7.02. The maximum absolute atomic E-state index is 12.4. The molecule has 6 nitrogen and oxygen atoms in total. The van der Waals surface area contributed by atoms with Gasteiger partial charge in [-0.05, 0) is 44.1 Å². The molecular formula is C19H28N4O2. The molecule has 25 heavy (non-hydrogen) atoms. The Morgan fingerprint density at radius 2 is 2.12 bits per heavy atom. The van der Waals surface area contributed by atoms with Gasteiger partial charge < -0.3 is 5.32 Å². The molecule has 1 saturated carbocycles. The zero-order valence-corrected chi connectivity index (χ0v) is 15.6. The van der Waals surface area contributed by atoms with Crippen LogP contribution in [-0.4, -0.2) is 26.5 Å². The van der Waals surface area contributed by atoms with E-state index in [1.54, 1.807) is 4.52 Å². The van der Waals surface area contributed by atoms with Crippen molar-refractivity contribution < 1.29 is 4.79 Å². The molecule has 2 N–H and O–H groups in total. The highest BCUT2D eigenvalue weighted by atomic mass is 16.1. The fourth-order valence-corrected chi connectivity index (χ4v) is 4.02. The first-order valence-corrected chi connectivity index (χ1v) is 9.24. The summed E-state index contributed by atoms with van der Waals surface area (Å²) < 4.78 is 1.70. The second-order valence-corrected chi connectivity index (χ2v) is 7.52. The summed E-state index contributed by atoms with van der Waals surface area (Å²) in [5, 5.41) is 5.98. The zero-order valence-electron chi connectivity index (χ0n) is 15.6. The van der Waals surface area contributed by atoms with E-state index in [0.29, 0.717) is 36.4 Å². The van der Waals surface area contributed by atoms with Crippen molar-refractivity contribution in [2.45, 2.75) is 65.8 Å². The fourth-order valence-electron chi connectivity index (χ4n) is 4.02. The summed E-state index contributed by atoms with van der Waals surface area (Å²) in [6.07, 6.45) is 4.59. The van der Waals surface area contributed by atoms with Gasteiger partial charge in [0.1, 0.15) is 0 Å². The van der Waals surface area contributed by atoms with Gasteiger partial charge in [-0.15, -0.1) is 0 Å². The van der Waals surface area contributed by atoms with Gasteiger partial charge in [0.2, 0.25) is 5.91 Å². The quantitative estimate of drug-likeness (QED) is 0.894. The highest BCUT2D eigenvalue weighted by Crippen LogP contribution is 2.29. The number of nitrogens with one attached hydrogen (secondary N) is 2. The highest BCUT2D eigenvalue weighted by Gasteiger charge is 2.28. The molecule has 0 saturated heterocycles. The molecule has 2 heterocycles. The Labute approximate surface area is 148 Å². The van der Waals surface area contributed by atoms with Gasteiger partial charge in [-0.1, -0.05) is 26.7 Å². The molecule has 1 fully saturated rings. The van der Waals surface area contributed by atoms with Crippen molar-refractivity contribution in [3.05, 3.63) is 33.4 Å². The summed E-state index contributed by atoms with van der Waals surface area (Å²) in [5.41, 5.74) is 3.31. The minimum absolute atomic E-state index is 0.103. The van der Waals surface area contributed by atoms with Crippen molar-refractivity contribution in [1.82, 2.24) is 19.9 Å². The molecule has 6 heteroatoms. The predicted octanol–water partition coefficient (Wildman–Crippen LogP) is 2.51. The summed E-state index contributed by atoms with van der Waals surface area (Å²) in [6.45, 7) is 8.40. The number of fused-ring (bicyclic) bond motifs is 1. The third-order valence-corrected chi connectivity index (χ3v) is 5.86. The molecule has 3 atom stereocenters. The number of carbonyl (C=O) groups is 1. The highest BCUT2D eigenvalue weighted by molar-refractivity contribution is 5.76. The van der Waals surface area contributed by atoms with Crippen LogP contribution < -0.4 is 10.9 Å². The summed E-state index contributed by atoms with van der Waals surface area (Å²) >= 11 is 0. The van der Waals surface area contributed by atoms with Gasteiger partial charge in [-0.3, -0.25) is 14.7 Å². The Morgan fingerprint density at radius 1 is 1.36 bits per heavy atom. The summed E-state index contributed by atoms with van der Waals surface area (Å²) in [4.78, 5) is 28.4. The van der Waals surface area contributed by atoms with E-state index in [-0.39, 0.29) is 11.5 Å². The molecule has 2 aromatic rings. The molecule has 1 amide bonds. The number of H-pyrrole nitrogens is 1. The Bertz CT molecular complexity index is 836. The van der Waals surface area contributed by atoms with E-state index in [1.165, 1.54) is 18.9 Å². The van der Waals surface area contributed by atoms with Crippen LogP contribution in [-0.2, 0) is 11.2 Å². The van der Waals surface area contributed by atoms with Crippen LogP contribution in [0, 0.1) is 25.7 Å². The van der Waals surface area contributed by atoms with Crippen LogP contribution in [0.3, 0.4) is 0 Å². The molecule has 0 unspecified atom stereocenters. The fraction of sp³-hybridized carbons (Fsp3) is 0.632. The number of aromatic nitrogens is 3. The predicted molar refractivity (Wildman–Crippen MR) is 97.7 cm³/mol. The molecule has 2 aromatic heterocycles. The maximum atomic E-state index is 12.4. The Balaban J connectivity index is 1.68. The van der Waals surface area contributed by atoms with Gasteiger partial charge in [-0.2, -0.15) is 0 Å². The van der Waals surface area contributed by atoms with Crippen molar-refractivity contribution in [3.63, 3.8) is 0 Å². The molecule has 1 aliphatic carbocycles. The lowest BCUT2D eigenvalue weighted by Gasteiger charge is -2.34. The molecular weight excluding hydrogens is 316 g/mol. The van der Waals surface area contributed by atoms with Gasteiger partial charge in [0.15, 0.2) is 5.65 Å². The van der Waals surface area contributed by atoms with E-state index in [9.17, 15) is 9.59 Å². The first kappa shape index (κ1) is 17.7. The van der Waals surface area contributed by atoms with Crippen molar-refractivity contribution in [1.29, 1.82) is 0 Å². The molecule has 0 bridgehead atoms. The number of rotatable bonds is 4. The van der Waals surface area contributed by atoms with E-state index in [1.807, 2.05) is 13.8 Å². The van der Waals surface area contributed by atoms with Gasteiger partial charge in [0.05, 0.1) is 0 Å². The summed E-state index contributed by atoms with van der Waals surface area (Å²) in [5.74, 6) is 1.30. The standard InChI is InChI=1S/C19H28N4O2/c1-11-6-5-7-16(12(11)2)21-18(24)9-8-15-13(3)20-17-10-19(25)22-23(17)14(15)4/h10-12,16H,5-9H2,1-4H3,(H,21,24)(H,22,25)/t11-,12-,16-/m1/s1. The first-order valence-electron chi connectivity index (χ1n) is 9.24. The van der Waals surface area contributed by atoms with Crippen LogP contribution in [0.15, 0.2) is 10.9 Å². The molecule has 3 rings (SSSR count). The van der Waals surface area contributed by atoms with Gasteiger partial charge in [-0.25, -0.2) is 9.50 Å². The number of aromatic amines is 1. The lowest BCUT2D eigenvalue weighted by Crippen LogP contribution is -2.43. The van der Waals surface area contributed by atoms with Crippen molar-refractivity contribution in [3.8, 4) is 0 Å². The summed E-state index contributed by atoms with van der Waals surface area (Å²) in [6, 6.07) is 1.78. The number of hydrogen-bond acceptors (Lipinski definition) is 3. The van der Waals surface area contributed by atoms with E-state index in [0.717, 1.165) is 23.4 Å². The number of nitrogens with zero attached hydrogens (tertiary/aromatic N) is 2. The lowest BCUT2D eigenvalue weighted by molar-refractivity contribution is -0.122. The number of hydrogen-bond donors (Lipinski definition) is 2. The van der Waals surface area contributed by atoms with Crippen LogP contribution in [0.25, 0.3) is 5.65 Å². The van der Waals surface area contributed by atoms with E-state index < -0.39 is 0 Å². The van der Waals surface area contributed by atoms with Crippen molar-refractivity contribution in [2.24, 2.45) is 11.8 Å². The Kier molecular flexibility index (Phi) is 4.97. The second-order valence-electron chi connectivity index (χ2n) is 7.52. The molecule has 1 aliphatic rings. The average Bonchev–Trinajstić information content (AvgIpc) is 2.92. The normalized spacial score (nSPS) is 23.8. The molecule has 0 aliphatic heterocycles. The monoisotopic (exact) mass is 344 g/mol. The number of amides is 1. The lowest BCUT2D eigenvalue weighted by atomic mass is 9.78. The minimum atomic E-state index is -0.162. The van der Waals surface area contributed by atoms with Crippen LogP contribution in [0.5, 0.6) is 0 Å². The Hall–Kier alpha value is -2.11. The smallest absolute Gasteiger partial charge is 0.266 e. The van der Waals surface area contributed by atoms with E-state index in [2.05, 4.69) is 29.2 Å². The number of aryl methyl sites for hydroxylation is 2. The van der Waals surface area contributed by atoms with Crippen molar-refractivity contribution in [2.75, 3.05) is 0 Å². The molecule has 0 spiro atoms. The molecule has 0 aromatic carbocycles. The van der Waals surface area contributed by atoms with Gasteiger partial charge in [0.25, 0.3) is 5.56 Å². The average molecular weight is 344 g/mol. The van der Waals surface area contributed by atoms with Crippen LogP contribution >= 0.6 is 0 Å². The van der Waals surface area contributed by atoms with E-state index >= 15 is 0 Å². The van der Waals surface area contributed by atoms with Gasteiger partial charge >= 0.3 is 0 Å². The van der Waals surface area contributed by atoms with Crippen LogP contribution in [0.1, 0.15) is 56.5 Å². The third-order valence-electron chi connectivity index (χ3n) is 5.86. The topological polar surface area (TPSA) is 79.3 Å². The first-order chi connectivity index (χ1) is 11.9. The van der Waals surface area contributed by atoms with Crippen LogP contribution in [0.2, 0.25) is 0 Å². The number of carbonyl (C=O) groups excluding carboxylic acids is 1.